The fourth-order valence-electron chi connectivity index (χ4n) is 3.14. The molecule has 0 aliphatic carbocycles. The van der Waals surface area contributed by atoms with Gasteiger partial charge < -0.3 is 5.32 Å². The molecule has 1 N–H and O–H groups in total. The molecule has 162 valence electrons. The zero-order chi connectivity index (χ0) is 21.9. The summed E-state index contributed by atoms with van der Waals surface area (Å²) in [6, 6.07) is 7.89. The molecule has 1 amide bonds. The Balaban J connectivity index is 1.62. The SMILES string of the molecule is O=C(NCC(F)(F)c1cc(F)cc(F)c1)c1cccc(CN2CCS(=O)(=O)CC2)c1. The molecule has 0 bridgehead atoms. The van der Waals surface area contributed by atoms with Gasteiger partial charge >= 0.3 is 0 Å². The number of amides is 1. The van der Waals surface area contributed by atoms with Crippen molar-refractivity contribution in [3.05, 3.63) is 70.8 Å². The first-order chi connectivity index (χ1) is 14.0. The lowest BCUT2D eigenvalue weighted by Crippen LogP contribution is -2.39. The summed E-state index contributed by atoms with van der Waals surface area (Å²) < 4.78 is 77.9. The van der Waals surface area contributed by atoms with Crippen LogP contribution in [0.15, 0.2) is 42.5 Å². The number of hydrogen-bond acceptors (Lipinski definition) is 4. The lowest BCUT2D eigenvalue weighted by molar-refractivity contribution is -0.00304. The van der Waals surface area contributed by atoms with Crippen LogP contribution in [0.5, 0.6) is 0 Å². The van der Waals surface area contributed by atoms with Gasteiger partial charge in [0.2, 0.25) is 0 Å². The minimum Gasteiger partial charge on any atom is -0.346 e. The molecule has 0 atom stereocenters. The second-order valence-corrected chi connectivity index (χ2v) is 9.48. The van der Waals surface area contributed by atoms with Crippen molar-refractivity contribution >= 4 is 15.7 Å². The van der Waals surface area contributed by atoms with E-state index in [2.05, 4.69) is 5.32 Å². The largest absolute Gasteiger partial charge is 0.346 e. The Kier molecular flexibility index (Phi) is 6.47. The fourth-order valence-corrected chi connectivity index (χ4v) is 4.41. The maximum Gasteiger partial charge on any atom is 0.290 e. The highest BCUT2D eigenvalue weighted by molar-refractivity contribution is 7.91. The third kappa shape index (κ3) is 5.79. The Bertz CT molecular complexity index is 1010. The smallest absolute Gasteiger partial charge is 0.290 e. The molecule has 1 heterocycles. The topological polar surface area (TPSA) is 66.5 Å². The molecular weight excluding hydrogens is 424 g/mol. The van der Waals surface area contributed by atoms with Crippen molar-refractivity contribution in [2.24, 2.45) is 0 Å². The van der Waals surface area contributed by atoms with Crippen molar-refractivity contribution in [2.45, 2.75) is 12.5 Å². The highest BCUT2D eigenvalue weighted by atomic mass is 32.2. The van der Waals surface area contributed by atoms with E-state index >= 15 is 0 Å². The van der Waals surface area contributed by atoms with Gasteiger partial charge in [0.05, 0.1) is 18.1 Å². The lowest BCUT2D eigenvalue weighted by Gasteiger charge is -2.26. The van der Waals surface area contributed by atoms with Gasteiger partial charge in [-0.2, -0.15) is 8.78 Å². The quantitative estimate of drug-likeness (QED) is 0.696. The van der Waals surface area contributed by atoms with Crippen LogP contribution in [0, 0.1) is 11.6 Å². The number of carbonyl (C=O) groups is 1. The number of benzene rings is 2. The van der Waals surface area contributed by atoms with Crippen molar-refractivity contribution in [2.75, 3.05) is 31.1 Å². The van der Waals surface area contributed by atoms with Crippen molar-refractivity contribution in [1.29, 1.82) is 0 Å². The first-order valence-electron chi connectivity index (χ1n) is 9.18. The van der Waals surface area contributed by atoms with Crippen LogP contribution in [0.25, 0.3) is 0 Å². The number of rotatable bonds is 6. The highest BCUT2D eigenvalue weighted by Crippen LogP contribution is 2.28. The number of alkyl halides is 2. The predicted molar refractivity (Wildman–Crippen MR) is 103 cm³/mol. The minimum absolute atomic E-state index is 0.0724. The van der Waals surface area contributed by atoms with Gasteiger partial charge in [0.1, 0.15) is 11.6 Å². The monoisotopic (exact) mass is 444 g/mol. The molecule has 0 aromatic heterocycles. The Labute approximate surface area is 171 Å². The van der Waals surface area contributed by atoms with Crippen LogP contribution >= 0.6 is 0 Å². The van der Waals surface area contributed by atoms with E-state index in [0.717, 1.165) is 5.56 Å². The second-order valence-electron chi connectivity index (χ2n) is 7.17. The van der Waals surface area contributed by atoms with Crippen LogP contribution in [0.3, 0.4) is 0 Å². The van der Waals surface area contributed by atoms with Crippen LogP contribution < -0.4 is 5.32 Å². The van der Waals surface area contributed by atoms with Gasteiger partial charge in [0.15, 0.2) is 9.84 Å². The van der Waals surface area contributed by atoms with E-state index in [-0.39, 0.29) is 17.1 Å². The van der Waals surface area contributed by atoms with Gasteiger partial charge in [-0.05, 0) is 29.8 Å². The van der Waals surface area contributed by atoms with Crippen molar-refractivity contribution in [3.8, 4) is 0 Å². The molecule has 30 heavy (non-hydrogen) atoms. The Morgan fingerprint density at radius 2 is 1.67 bits per heavy atom. The van der Waals surface area contributed by atoms with Crippen LogP contribution in [0.4, 0.5) is 17.6 Å². The first-order valence-corrected chi connectivity index (χ1v) is 11.0. The second kappa shape index (κ2) is 8.73. The standard InChI is InChI=1S/C20H20F4N2O3S/c21-17-9-16(10-18(22)11-17)20(23,24)13-25-19(27)15-3-1-2-14(8-15)12-26-4-6-30(28,29)7-5-26/h1-3,8-11H,4-7,12-13H2,(H,25,27). The maximum absolute atomic E-state index is 14.2. The van der Waals surface area contributed by atoms with Crippen molar-refractivity contribution < 1.29 is 30.8 Å². The third-order valence-electron chi connectivity index (χ3n) is 4.79. The van der Waals surface area contributed by atoms with Crippen LogP contribution in [0.2, 0.25) is 0 Å². The summed E-state index contributed by atoms with van der Waals surface area (Å²) in [4.78, 5) is 14.2. The molecule has 0 saturated carbocycles. The van der Waals surface area contributed by atoms with E-state index in [0.29, 0.717) is 37.8 Å². The Morgan fingerprint density at radius 3 is 2.30 bits per heavy atom. The van der Waals surface area contributed by atoms with Crippen LogP contribution in [-0.4, -0.2) is 50.4 Å². The number of sulfone groups is 1. The molecule has 3 rings (SSSR count). The lowest BCUT2D eigenvalue weighted by atomic mass is 10.1. The summed E-state index contributed by atoms with van der Waals surface area (Å²) in [5.74, 6) is -6.53. The molecular formula is C20H20F4N2O3S. The number of hydrogen-bond donors (Lipinski definition) is 1. The normalized spacial score (nSPS) is 16.9. The van der Waals surface area contributed by atoms with Gasteiger partial charge in [0.25, 0.3) is 11.8 Å². The number of carbonyl (C=O) groups excluding carboxylic acids is 1. The summed E-state index contributed by atoms with van der Waals surface area (Å²) in [6.07, 6.45) is 0. The predicted octanol–water partition coefficient (Wildman–Crippen LogP) is 2.72. The highest BCUT2D eigenvalue weighted by Gasteiger charge is 2.33. The Morgan fingerprint density at radius 1 is 1.03 bits per heavy atom. The number of halogens is 4. The van der Waals surface area contributed by atoms with Gasteiger partial charge in [-0.15, -0.1) is 0 Å². The zero-order valence-corrected chi connectivity index (χ0v) is 16.7. The van der Waals surface area contributed by atoms with Crippen LogP contribution in [0.1, 0.15) is 21.5 Å². The van der Waals surface area contributed by atoms with E-state index in [4.69, 9.17) is 0 Å². The van der Waals surface area contributed by atoms with Gasteiger partial charge in [0, 0.05) is 36.8 Å². The summed E-state index contributed by atoms with van der Waals surface area (Å²) in [6.45, 7) is 0.0721. The molecule has 1 aliphatic rings. The average molecular weight is 444 g/mol. The van der Waals surface area contributed by atoms with Gasteiger partial charge in [-0.3, -0.25) is 9.69 Å². The molecule has 10 heteroatoms. The van der Waals surface area contributed by atoms with Crippen molar-refractivity contribution in [1.82, 2.24) is 10.2 Å². The van der Waals surface area contributed by atoms with Gasteiger partial charge in [-0.1, -0.05) is 12.1 Å². The van der Waals surface area contributed by atoms with Gasteiger partial charge in [-0.25, -0.2) is 17.2 Å². The first kappa shape index (κ1) is 22.2. The molecule has 0 unspecified atom stereocenters. The Hall–Kier alpha value is -2.46. The summed E-state index contributed by atoms with van der Waals surface area (Å²) in [5.41, 5.74) is 0.0216. The van der Waals surface area contributed by atoms with E-state index < -0.39 is 45.4 Å². The van der Waals surface area contributed by atoms with E-state index in [1.54, 1.807) is 18.2 Å². The maximum atomic E-state index is 14.2. The summed E-state index contributed by atoms with van der Waals surface area (Å²) >= 11 is 0. The van der Waals surface area contributed by atoms with E-state index in [9.17, 15) is 30.8 Å². The molecule has 1 fully saturated rings. The molecule has 2 aromatic carbocycles. The molecule has 2 aromatic rings. The van der Waals surface area contributed by atoms with E-state index in [1.165, 1.54) is 6.07 Å². The van der Waals surface area contributed by atoms with Crippen LogP contribution in [-0.2, 0) is 22.3 Å². The molecule has 5 nitrogen and oxygen atoms in total. The summed E-state index contributed by atoms with van der Waals surface area (Å²) in [7, 11) is -3.00. The number of nitrogens with zero attached hydrogens (tertiary/aromatic N) is 1. The minimum atomic E-state index is -3.66. The van der Waals surface area contributed by atoms with E-state index in [1.807, 2.05) is 4.90 Å². The number of nitrogens with one attached hydrogen (secondary N) is 1. The molecule has 0 spiro atoms. The zero-order valence-electron chi connectivity index (χ0n) is 15.9. The molecule has 0 radical (unpaired) electrons. The average Bonchev–Trinajstić information content (AvgIpc) is 2.67. The third-order valence-corrected chi connectivity index (χ3v) is 6.40. The molecule has 1 aliphatic heterocycles. The fraction of sp³-hybridized carbons (Fsp3) is 0.350. The molecule has 1 saturated heterocycles. The summed E-state index contributed by atoms with van der Waals surface area (Å²) in [5, 5.41) is 2.09. The van der Waals surface area contributed by atoms with Crippen molar-refractivity contribution in [3.63, 3.8) is 0 Å².